The molecule has 1 aromatic rings. The van der Waals surface area contributed by atoms with Gasteiger partial charge in [-0.05, 0) is 40.9 Å². The summed E-state index contributed by atoms with van der Waals surface area (Å²) >= 11 is 3.46. The molecule has 13 heavy (non-hydrogen) atoms. The molecule has 2 aliphatic rings. The van der Waals surface area contributed by atoms with Gasteiger partial charge in [-0.2, -0.15) is 0 Å². The largest absolute Gasteiger partial charge is 0.478 e. The second-order valence-corrected chi connectivity index (χ2v) is 4.37. The summed E-state index contributed by atoms with van der Waals surface area (Å²) < 4.78 is 6.86. The fourth-order valence-electron chi connectivity index (χ4n) is 1.47. The summed E-state index contributed by atoms with van der Waals surface area (Å²) in [7, 11) is 0. The lowest BCUT2D eigenvalue weighted by molar-refractivity contribution is 0.249. The Labute approximate surface area is 84.8 Å². The van der Waals surface area contributed by atoms with Crippen molar-refractivity contribution in [3.8, 4) is 5.75 Å². The van der Waals surface area contributed by atoms with Gasteiger partial charge in [-0.15, -0.1) is 0 Å². The standard InChI is InChI=1S/C10H8BrNO/c11-7-2-1-3-8-9(7)13-10(4-5-10)6-12-8/h1-3,6H,4-5H2. The maximum absolute atomic E-state index is 5.86. The molecule has 1 spiro atoms. The minimum Gasteiger partial charge on any atom is -0.478 e. The maximum Gasteiger partial charge on any atom is 0.160 e. The van der Waals surface area contributed by atoms with Gasteiger partial charge in [-0.1, -0.05) is 6.07 Å². The first-order chi connectivity index (χ1) is 6.29. The van der Waals surface area contributed by atoms with Crippen LogP contribution in [0.1, 0.15) is 12.8 Å². The van der Waals surface area contributed by atoms with Crippen molar-refractivity contribution in [2.24, 2.45) is 4.99 Å². The number of aliphatic imine (C=N–C) groups is 1. The van der Waals surface area contributed by atoms with Crippen LogP contribution in [-0.2, 0) is 0 Å². The van der Waals surface area contributed by atoms with Gasteiger partial charge >= 0.3 is 0 Å². The van der Waals surface area contributed by atoms with E-state index in [1.165, 1.54) is 0 Å². The molecule has 1 saturated carbocycles. The molecule has 0 aromatic heterocycles. The summed E-state index contributed by atoms with van der Waals surface area (Å²) in [6.45, 7) is 0. The fraction of sp³-hybridized carbons (Fsp3) is 0.300. The first-order valence-corrected chi connectivity index (χ1v) is 5.11. The van der Waals surface area contributed by atoms with Gasteiger partial charge in [0.1, 0.15) is 11.3 Å². The number of hydrogen-bond acceptors (Lipinski definition) is 2. The van der Waals surface area contributed by atoms with Crippen LogP contribution < -0.4 is 4.74 Å². The molecule has 0 N–H and O–H groups in total. The first-order valence-electron chi connectivity index (χ1n) is 4.32. The monoisotopic (exact) mass is 237 g/mol. The predicted octanol–water partition coefficient (Wildman–Crippen LogP) is 3.08. The third-order valence-electron chi connectivity index (χ3n) is 2.43. The SMILES string of the molecule is Brc1cccc2c1OC1(C=N2)CC1. The van der Waals surface area contributed by atoms with Crippen molar-refractivity contribution in [3.05, 3.63) is 22.7 Å². The van der Waals surface area contributed by atoms with Gasteiger partial charge in [-0.3, -0.25) is 4.99 Å². The molecule has 0 bridgehead atoms. The third kappa shape index (κ3) is 1.10. The van der Waals surface area contributed by atoms with Gasteiger partial charge in [0.2, 0.25) is 0 Å². The fourth-order valence-corrected chi connectivity index (χ4v) is 1.91. The summed E-state index contributed by atoms with van der Waals surface area (Å²) in [5, 5.41) is 0. The number of fused-ring (bicyclic) bond motifs is 1. The van der Waals surface area contributed by atoms with Crippen LogP contribution in [0.15, 0.2) is 27.7 Å². The zero-order chi connectivity index (χ0) is 8.89. The first kappa shape index (κ1) is 7.56. The van der Waals surface area contributed by atoms with E-state index in [0.29, 0.717) is 0 Å². The summed E-state index contributed by atoms with van der Waals surface area (Å²) in [4.78, 5) is 4.39. The molecule has 0 saturated heterocycles. The molecular weight excluding hydrogens is 230 g/mol. The molecule has 66 valence electrons. The maximum atomic E-state index is 5.86. The highest BCUT2D eigenvalue weighted by molar-refractivity contribution is 9.10. The second-order valence-electron chi connectivity index (χ2n) is 3.51. The number of para-hydroxylation sites is 1. The van der Waals surface area contributed by atoms with Crippen LogP contribution in [0, 0.1) is 0 Å². The van der Waals surface area contributed by atoms with Gasteiger partial charge in [0, 0.05) is 6.21 Å². The molecule has 1 aromatic carbocycles. The number of hydrogen-bond donors (Lipinski definition) is 0. The van der Waals surface area contributed by atoms with E-state index in [-0.39, 0.29) is 5.60 Å². The minimum atomic E-state index is -0.0587. The van der Waals surface area contributed by atoms with Crippen molar-refractivity contribution in [3.63, 3.8) is 0 Å². The zero-order valence-corrected chi connectivity index (χ0v) is 8.54. The molecule has 3 heteroatoms. The van der Waals surface area contributed by atoms with Crippen LogP contribution in [0.2, 0.25) is 0 Å². The minimum absolute atomic E-state index is 0.0587. The quantitative estimate of drug-likeness (QED) is 0.680. The molecule has 0 amide bonds. The van der Waals surface area contributed by atoms with Crippen LogP contribution in [0.5, 0.6) is 5.75 Å². The van der Waals surface area contributed by atoms with Crippen LogP contribution >= 0.6 is 15.9 Å². The van der Waals surface area contributed by atoms with Gasteiger partial charge in [-0.25, -0.2) is 0 Å². The van der Waals surface area contributed by atoms with Crippen molar-refractivity contribution in [1.29, 1.82) is 0 Å². The van der Waals surface area contributed by atoms with Crippen LogP contribution in [0.4, 0.5) is 5.69 Å². The molecule has 2 nitrogen and oxygen atoms in total. The van der Waals surface area contributed by atoms with E-state index in [1.54, 1.807) is 0 Å². The normalized spacial score (nSPS) is 21.0. The highest BCUT2D eigenvalue weighted by Crippen LogP contribution is 2.47. The number of benzene rings is 1. The van der Waals surface area contributed by atoms with E-state index in [0.717, 1.165) is 28.8 Å². The van der Waals surface area contributed by atoms with Crippen LogP contribution in [-0.4, -0.2) is 11.8 Å². The molecule has 0 atom stereocenters. The van der Waals surface area contributed by atoms with E-state index in [4.69, 9.17) is 4.74 Å². The molecule has 0 unspecified atom stereocenters. The Morgan fingerprint density at radius 2 is 2.23 bits per heavy atom. The van der Waals surface area contributed by atoms with Crippen molar-refractivity contribution in [2.45, 2.75) is 18.4 Å². The van der Waals surface area contributed by atoms with Gasteiger partial charge in [0.15, 0.2) is 5.75 Å². The lowest BCUT2D eigenvalue weighted by Crippen LogP contribution is -2.22. The average Bonchev–Trinajstić information content (AvgIpc) is 2.88. The number of ether oxygens (including phenoxy) is 1. The smallest absolute Gasteiger partial charge is 0.160 e. The summed E-state index contributed by atoms with van der Waals surface area (Å²) in [6, 6.07) is 5.91. The van der Waals surface area contributed by atoms with Crippen LogP contribution in [0.25, 0.3) is 0 Å². The van der Waals surface area contributed by atoms with Crippen molar-refractivity contribution in [1.82, 2.24) is 0 Å². The summed E-state index contributed by atoms with van der Waals surface area (Å²) in [6.07, 6.45) is 4.12. The average molecular weight is 238 g/mol. The van der Waals surface area contributed by atoms with Crippen molar-refractivity contribution in [2.75, 3.05) is 0 Å². The predicted molar refractivity (Wildman–Crippen MR) is 54.9 cm³/mol. The van der Waals surface area contributed by atoms with Gasteiger partial charge < -0.3 is 4.74 Å². The Hall–Kier alpha value is -0.830. The Morgan fingerprint density at radius 1 is 1.38 bits per heavy atom. The second kappa shape index (κ2) is 2.35. The Morgan fingerprint density at radius 3 is 3.00 bits per heavy atom. The van der Waals surface area contributed by atoms with Gasteiger partial charge in [0.25, 0.3) is 0 Å². The molecule has 3 rings (SSSR count). The molecular formula is C10H8BrNO. The van der Waals surface area contributed by atoms with E-state index in [9.17, 15) is 0 Å². The highest BCUT2D eigenvalue weighted by atomic mass is 79.9. The lowest BCUT2D eigenvalue weighted by Gasteiger charge is -2.20. The number of halogens is 1. The van der Waals surface area contributed by atoms with Crippen molar-refractivity contribution < 1.29 is 4.74 Å². The molecule has 1 aliphatic carbocycles. The number of rotatable bonds is 0. The molecule has 0 radical (unpaired) electrons. The molecule has 1 aliphatic heterocycles. The number of nitrogens with zero attached hydrogens (tertiary/aromatic N) is 1. The van der Waals surface area contributed by atoms with Crippen molar-refractivity contribution >= 4 is 27.8 Å². The van der Waals surface area contributed by atoms with E-state index < -0.39 is 0 Å². The Balaban J connectivity index is 2.14. The zero-order valence-electron chi connectivity index (χ0n) is 6.96. The van der Waals surface area contributed by atoms with Gasteiger partial charge in [0.05, 0.1) is 4.47 Å². The Bertz CT molecular complexity index is 396. The van der Waals surface area contributed by atoms with E-state index >= 15 is 0 Å². The molecule has 1 heterocycles. The highest BCUT2D eigenvalue weighted by Gasteiger charge is 2.46. The van der Waals surface area contributed by atoms with E-state index in [2.05, 4.69) is 20.9 Å². The van der Waals surface area contributed by atoms with Crippen LogP contribution in [0.3, 0.4) is 0 Å². The topological polar surface area (TPSA) is 21.6 Å². The Kier molecular flexibility index (Phi) is 1.37. The summed E-state index contributed by atoms with van der Waals surface area (Å²) in [5.41, 5.74) is 0.864. The van der Waals surface area contributed by atoms with E-state index in [1.807, 2.05) is 24.4 Å². The third-order valence-corrected chi connectivity index (χ3v) is 3.06. The lowest BCUT2D eigenvalue weighted by atomic mass is 10.2. The summed E-state index contributed by atoms with van der Waals surface area (Å²) in [5.74, 6) is 0.891. The molecule has 1 fully saturated rings.